The molecule has 2 aromatic rings. The first kappa shape index (κ1) is 10.7. The van der Waals surface area contributed by atoms with Crippen molar-refractivity contribution in [1.29, 1.82) is 0 Å². The van der Waals surface area contributed by atoms with Crippen LogP contribution >= 0.6 is 0 Å². The van der Waals surface area contributed by atoms with Gasteiger partial charge in [-0.15, -0.1) is 0 Å². The van der Waals surface area contributed by atoms with Crippen molar-refractivity contribution >= 4 is 10.9 Å². The Bertz CT molecular complexity index is 567. The van der Waals surface area contributed by atoms with Crippen LogP contribution in [-0.2, 0) is 6.54 Å². The number of hydrogen-bond donors (Lipinski definition) is 1. The topological polar surface area (TPSA) is 40.2 Å². The number of rotatable bonds is 3. The maximum atomic E-state index is 5.90. The van der Waals surface area contributed by atoms with E-state index in [-0.39, 0.29) is 0 Å². The summed E-state index contributed by atoms with van der Waals surface area (Å²) in [5.41, 5.74) is 9.76. The van der Waals surface area contributed by atoms with Crippen LogP contribution in [-0.4, -0.2) is 11.7 Å². The molecule has 0 amide bonds. The number of nitrogens with zero attached hydrogens (tertiary/aromatic N) is 1. The molecule has 17 heavy (non-hydrogen) atoms. The first-order valence-electron chi connectivity index (χ1n) is 6.13. The molecular weight excluding hydrogens is 212 g/mol. The maximum Gasteiger partial charge on any atom is 0.120 e. The molecule has 1 saturated carbocycles. The van der Waals surface area contributed by atoms with Crippen LogP contribution in [0, 0.1) is 6.92 Å². The first-order valence-corrected chi connectivity index (χ1v) is 6.13. The zero-order chi connectivity index (χ0) is 12.0. The van der Waals surface area contributed by atoms with E-state index in [1.54, 1.807) is 7.11 Å². The van der Waals surface area contributed by atoms with Gasteiger partial charge in [0.15, 0.2) is 0 Å². The Labute approximate surface area is 101 Å². The van der Waals surface area contributed by atoms with E-state index < -0.39 is 0 Å². The minimum Gasteiger partial charge on any atom is -0.497 e. The van der Waals surface area contributed by atoms with Gasteiger partial charge in [0, 0.05) is 29.7 Å². The highest BCUT2D eigenvalue weighted by Crippen LogP contribution is 2.41. The second-order valence-electron chi connectivity index (χ2n) is 4.76. The number of aryl methyl sites for hydroxylation is 1. The second kappa shape index (κ2) is 3.77. The molecule has 3 nitrogen and oxygen atoms in total. The van der Waals surface area contributed by atoms with E-state index >= 15 is 0 Å². The smallest absolute Gasteiger partial charge is 0.120 e. The number of aromatic nitrogens is 1. The summed E-state index contributed by atoms with van der Waals surface area (Å²) in [6.07, 6.45) is 2.54. The Morgan fingerprint density at radius 3 is 2.76 bits per heavy atom. The number of ether oxygens (including phenoxy) is 1. The fourth-order valence-electron chi connectivity index (χ4n) is 2.64. The molecule has 2 N–H and O–H groups in total. The summed E-state index contributed by atoms with van der Waals surface area (Å²) in [7, 11) is 1.71. The van der Waals surface area contributed by atoms with Crippen molar-refractivity contribution in [3.63, 3.8) is 0 Å². The molecule has 0 bridgehead atoms. The molecule has 1 aromatic heterocycles. The Morgan fingerprint density at radius 1 is 1.41 bits per heavy atom. The number of fused-ring (bicyclic) bond motifs is 1. The van der Waals surface area contributed by atoms with Crippen LogP contribution in [0.15, 0.2) is 18.2 Å². The average molecular weight is 230 g/mol. The summed E-state index contributed by atoms with van der Waals surface area (Å²) in [6.45, 7) is 2.77. The third kappa shape index (κ3) is 1.53. The second-order valence-corrected chi connectivity index (χ2v) is 4.76. The minimum atomic E-state index is 0.610. The molecule has 3 heteroatoms. The van der Waals surface area contributed by atoms with Gasteiger partial charge >= 0.3 is 0 Å². The molecule has 90 valence electrons. The van der Waals surface area contributed by atoms with Gasteiger partial charge in [-0.3, -0.25) is 0 Å². The molecule has 0 saturated heterocycles. The van der Waals surface area contributed by atoms with Crippen LogP contribution in [0.25, 0.3) is 10.9 Å². The normalized spacial score (nSPS) is 15.5. The van der Waals surface area contributed by atoms with E-state index in [4.69, 9.17) is 10.5 Å². The third-order valence-electron chi connectivity index (χ3n) is 3.70. The Hall–Kier alpha value is -1.48. The van der Waals surface area contributed by atoms with Crippen LogP contribution in [0.1, 0.15) is 30.1 Å². The first-order chi connectivity index (χ1) is 8.26. The van der Waals surface area contributed by atoms with E-state index in [0.717, 1.165) is 5.75 Å². The van der Waals surface area contributed by atoms with Gasteiger partial charge in [-0.2, -0.15) is 0 Å². The zero-order valence-corrected chi connectivity index (χ0v) is 10.4. The number of nitrogens with two attached hydrogens (primary N) is 1. The monoisotopic (exact) mass is 230 g/mol. The molecule has 0 atom stereocenters. The molecule has 0 unspecified atom stereocenters. The molecular formula is C14H18N2O. The van der Waals surface area contributed by atoms with Crippen LogP contribution in [0.3, 0.4) is 0 Å². The molecule has 0 spiro atoms. The van der Waals surface area contributed by atoms with Crippen molar-refractivity contribution in [1.82, 2.24) is 4.57 Å². The van der Waals surface area contributed by atoms with Crippen molar-refractivity contribution in [3.05, 3.63) is 29.5 Å². The summed E-state index contributed by atoms with van der Waals surface area (Å²) < 4.78 is 7.73. The molecule has 1 aliphatic carbocycles. The summed E-state index contributed by atoms with van der Waals surface area (Å²) >= 11 is 0. The highest BCUT2D eigenvalue weighted by molar-refractivity contribution is 5.86. The van der Waals surface area contributed by atoms with E-state index in [2.05, 4.69) is 23.6 Å². The van der Waals surface area contributed by atoms with Gasteiger partial charge in [-0.25, -0.2) is 0 Å². The Kier molecular flexibility index (Phi) is 2.37. The number of benzene rings is 1. The lowest BCUT2D eigenvalue weighted by molar-refractivity contribution is 0.415. The van der Waals surface area contributed by atoms with Gasteiger partial charge in [-0.1, -0.05) is 0 Å². The lowest BCUT2D eigenvalue weighted by atomic mass is 10.1. The fourth-order valence-corrected chi connectivity index (χ4v) is 2.64. The van der Waals surface area contributed by atoms with Crippen LogP contribution in [0.4, 0.5) is 0 Å². The lowest BCUT2D eigenvalue weighted by Crippen LogP contribution is -2.06. The highest BCUT2D eigenvalue weighted by Gasteiger charge is 2.28. The fraction of sp³-hybridized carbons (Fsp3) is 0.429. The van der Waals surface area contributed by atoms with E-state index in [1.807, 2.05) is 6.07 Å². The molecule has 0 radical (unpaired) electrons. The molecule has 0 aliphatic heterocycles. The predicted octanol–water partition coefficient (Wildman–Crippen LogP) is 2.75. The van der Waals surface area contributed by atoms with Gasteiger partial charge in [0.2, 0.25) is 0 Å². The van der Waals surface area contributed by atoms with E-state index in [9.17, 15) is 0 Å². The molecule has 3 rings (SSSR count). The van der Waals surface area contributed by atoms with Crippen LogP contribution < -0.4 is 10.5 Å². The Morgan fingerprint density at radius 2 is 2.18 bits per heavy atom. The molecule has 1 fully saturated rings. The molecule has 1 aromatic carbocycles. The quantitative estimate of drug-likeness (QED) is 0.880. The average Bonchev–Trinajstić information content (AvgIpc) is 3.15. The van der Waals surface area contributed by atoms with Gasteiger partial charge in [-0.05, 0) is 37.5 Å². The highest BCUT2D eigenvalue weighted by atomic mass is 16.5. The molecule has 1 heterocycles. The summed E-state index contributed by atoms with van der Waals surface area (Å²) in [5, 5.41) is 1.30. The van der Waals surface area contributed by atoms with Crippen molar-refractivity contribution in [3.8, 4) is 5.75 Å². The zero-order valence-electron chi connectivity index (χ0n) is 10.4. The SMILES string of the molecule is COc1ccc2c(C)c(CN)n(C3CC3)c2c1. The number of methoxy groups -OCH3 is 1. The lowest BCUT2D eigenvalue weighted by Gasteiger charge is -2.08. The predicted molar refractivity (Wildman–Crippen MR) is 69.4 cm³/mol. The largest absolute Gasteiger partial charge is 0.497 e. The maximum absolute atomic E-state index is 5.90. The standard InChI is InChI=1S/C14H18N2O/c1-9-12-6-5-11(17-2)7-13(12)16(10-3-4-10)14(9)8-15/h5-7,10H,3-4,8,15H2,1-2H3. The molecule has 1 aliphatic rings. The van der Waals surface area contributed by atoms with Gasteiger partial charge in [0.25, 0.3) is 0 Å². The van der Waals surface area contributed by atoms with Gasteiger partial charge in [0.05, 0.1) is 12.6 Å². The van der Waals surface area contributed by atoms with E-state index in [1.165, 1.54) is 35.0 Å². The van der Waals surface area contributed by atoms with Crippen molar-refractivity contribution in [2.24, 2.45) is 5.73 Å². The van der Waals surface area contributed by atoms with E-state index in [0.29, 0.717) is 12.6 Å². The van der Waals surface area contributed by atoms with Crippen molar-refractivity contribution in [2.45, 2.75) is 32.4 Å². The van der Waals surface area contributed by atoms with Crippen molar-refractivity contribution < 1.29 is 4.74 Å². The van der Waals surface area contributed by atoms with Gasteiger partial charge < -0.3 is 15.0 Å². The summed E-state index contributed by atoms with van der Waals surface area (Å²) in [6, 6.07) is 6.94. The minimum absolute atomic E-state index is 0.610. The Balaban J connectivity index is 2.31. The third-order valence-corrected chi connectivity index (χ3v) is 3.70. The number of hydrogen-bond acceptors (Lipinski definition) is 2. The van der Waals surface area contributed by atoms with Crippen molar-refractivity contribution in [2.75, 3.05) is 7.11 Å². The summed E-state index contributed by atoms with van der Waals surface area (Å²) in [4.78, 5) is 0. The van der Waals surface area contributed by atoms with Gasteiger partial charge in [0.1, 0.15) is 5.75 Å². The van der Waals surface area contributed by atoms with Crippen LogP contribution in [0.2, 0.25) is 0 Å². The summed E-state index contributed by atoms with van der Waals surface area (Å²) in [5.74, 6) is 0.917. The van der Waals surface area contributed by atoms with Crippen LogP contribution in [0.5, 0.6) is 5.75 Å².